The molecule has 0 saturated heterocycles. The summed E-state index contributed by atoms with van der Waals surface area (Å²) in [7, 11) is 0. The molecule has 3 rings (SSSR count). The Kier molecular flexibility index (Phi) is 3.32. The van der Waals surface area contributed by atoms with Gasteiger partial charge in [-0.25, -0.2) is 4.79 Å². The first kappa shape index (κ1) is 14.5. The Hall–Kier alpha value is -2.48. The van der Waals surface area contributed by atoms with Crippen LogP contribution in [0.15, 0.2) is 24.3 Å². The van der Waals surface area contributed by atoms with Gasteiger partial charge < -0.3 is 15.0 Å². The lowest BCUT2D eigenvalue weighted by atomic mass is 9.98. The van der Waals surface area contributed by atoms with Crippen LogP contribution >= 0.6 is 0 Å². The van der Waals surface area contributed by atoms with E-state index in [2.05, 4.69) is 16.4 Å². The van der Waals surface area contributed by atoms with E-state index in [1.807, 2.05) is 45.0 Å². The summed E-state index contributed by atoms with van der Waals surface area (Å²) in [4.78, 5) is 15.3. The van der Waals surface area contributed by atoms with E-state index in [0.717, 1.165) is 22.2 Å². The molecule has 5 nitrogen and oxygen atoms in total. The normalized spacial score (nSPS) is 20.5. The zero-order chi connectivity index (χ0) is 15.9. The maximum absolute atomic E-state index is 12.0. The molecule has 0 bridgehead atoms. The molecule has 0 aliphatic heterocycles. The molecule has 5 heteroatoms. The number of aromatic nitrogens is 1. The first-order valence-corrected chi connectivity index (χ1v) is 7.37. The second kappa shape index (κ2) is 5.06. The summed E-state index contributed by atoms with van der Waals surface area (Å²) in [6.07, 6.45) is 0.133. The fourth-order valence-corrected chi connectivity index (χ4v) is 3.02. The fourth-order valence-electron chi connectivity index (χ4n) is 3.02. The number of benzene rings is 1. The number of nitrogens with one attached hydrogen (secondary N) is 2. The van der Waals surface area contributed by atoms with E-state index >= 15 is 0 Å². The molecule has 2 aromatic rings. The van der Waals surface area contributed by atoms with Crippen LogP contribution < -0.4 is 5.32 Å². The van der Waals surface area contributed by atoms with E-state index in [0.29, 0.717) is 6.42 Å². The van der Waals surface area contributed by atoms with Crippen molar-refractivity contribution in [2.45, 2.75) is 44.8 Å². The molecule has 1 heterocycles. The Morgan fingerprint density at radius 1 is 1.41 bits per heavy atom. The van der Waals surface area contributed by atoms with Crippen molar-refractivity contribution in [2.24, 2.45) is 0 Å². The van der Waals surface area contributed by atoms with Crippen LogP contribution in [-0.2, 0) is 11.2 Å². The standard InChI is InChI=1S/C17H19N3O2/c1-17(2,3)22-16(21)20-13-8-14-15(11(13)9-18)10-6-4-5-7-12(10)19-14/h4-7,11,13,19H,8H2,1-3H3,(H,20,21). The SMILES string of the molecule is CC(C)(C)OC(=O)NC1Cc2[nH]c3ccccc3c2C1C#N. The zero-order valence-electron chi connectivity index (χ0n) is 12.9. The molecule has 1 aromatic carbocycles. The number of nitriles is 1. The molecule has 22 heavy (non-hydrogen) atoms. The van der Waals surface area contributed by atoms with Crippen molar-refractivity contribution >= 4 is 17.0 Å². The highest BCUT2D eigenvalue weighted by molar-refractivity contribution is 5.87. The zero-order valence-corrected chi connectivity index (χ0v) is 12.9. The van der Waals surface area contributed by atoms with Gasteiger partial charge in [0, 0.05) is 28.6 Å². The third-order valence-corrected chi connectivity index (χ3v) is 3.81. The quantitative estimate of drug-likeness (QED) is 0.848. The number of carbonyl (C=O) groups is 1. The molecule has 1 aliphatic carbocycles. The summed E-state index contributed by atoms with van der Waals surface area (Å²) < 4.78 is 5.29. The maximum atomic E-state index is 12.0. The predicted molar refractivity (Wildman–Crippen MR) is 83.5 cm³/mol. The maximum Gasteiger partial charge on any atom is 0.407 e. The Morgan fingerprint density at radius 2 is 2.14 bits per heavy atom. The molecule has 2 unspecified atom stereocenters. The first-order chi connectivity index (χ1) is 10.4. The summed E-state index contributed by atoms with van der Waals surface area (Å²) in [6, 6.07) is 9.99. The topological polar surface area (TPSA) is 77.9 Å². The summed E-state index contributed by atoms with van der Waals surface area (Å²) in [5.74, 6) is -0.362. The van der Waals surface area contributed by atoms with Gasteiger partial charge in [-0.05, 0) is 26.8 Å². The number of alkyl carbamates (subject to hydrolysis) is 1. The van der Waals surface area contributed by atoms with Crippen LogP contribution in [-0.4, -0.2) is 22.7 Å². The number of amides is 1. The van der Waals surface area contributed by atoms with Gasteiger partial charge in [0.25, 0.3) is 0 Å². The number of fused-ring (bicyclic) bond motifs is 3. The number of H-pyrrole nitrogens is 1. The molecular formula is C17H19N3O2. The summed E-state index contributed by atoms with van der Waals surface area (Å²) >= 11 is 0. The number of aromatic amines is 1. The van der Waals surface area contributed by atoms with Gasteiger partial charge in [0.2, 0.25) is 0 Å². The largest absolute Gasteiger partial charge is 0.444 e. The smallest absolute Gasteiger partial charge is 0.407 e. The molecule has 0 radical (unpaired) electrons. The van der Waals surface area contributed by atoms with Gasteiger partial charge in [-0.3, -0.25) is 0 Å². The van der Waals surface area contributed by atoms with Crippen molar-refractivity contribution in [2.75, 3.05) is 0 Å². The van der Waals surface area contributed by atoms with Crippen molar-refractivity contribution < 1.29 is 9.53 Å². The Balaban J connectivity index is 1.85. The van der Waals surface area contributed by atoms with Crippen LogP contribution in [0.25, 0.3) is 10.9 Å². The third-order valence-electron chi connectivity index (χ3n) is 3.81. The van der Waals surface area contributed by atoms with Crippen LogP contribution in [0.2, 0.25) is 0 Å². The van der Waals surface area contributed by atoms with Gasteiger partial charge >= 0.3 is 6.09 Å². The molecule has 1 aromatic heterocycles. The number of hydrogen-bond acceptors (Lipinski definition) is 3. The number of nitrogens with zero attached hydrogens (tertiary/aromatic N) is 1. The Labute approximate surface area is 129 Å². The lowest BCUT2D eigenvalue weighted by molar-refractivity contribution is 0.0503. The Bertz CT molecular complexity index is 764. The third kappa shape index (κ3) is 2.52. The van der Waals surface area contributed by atoms with E-state index in [9.17, 15) is 10.1 Å². The van der Waals surface area contributed by atoms with Crippen molar-refractivity contribution in [3.63, 3.8) is 0 Å². The van der Waals surface area contributed by atoms with Gasteiger partial charge in [-0.1, -0.05) is 18.2 Å². The summed E-state index contributed by atoms with van der Waals surface area (Å²) in [6.45, 7) is 5.46. The van der Waals surface area contributed by atoms with Crippen LogP contribution in [0.5, 0.6) is 0 Å². The van der Waals surface area contributed by atoms with E-state index in [1.54, 1.807) is 0 Å². The van der Waals surface area contributed by atoms with Crippen molar-refractivity contribution in [3.8, 4) is 6.07 Å². The number of ether oxygens (including phenoxy) is 1. The fraction of sp³-hybridized carbons (Fsp3) is 0.412. The lowest BCUT2D eigenvalue weighted by Crippen LogP contribution is -2.41. The van der Waals surface area contributed by atoms with Gasteiger partial charge in [0.05, 0.1) is 18.0 Å². The lowest BCUT2D eigenvalue weighted by Gasteiger charge is -2.23. The monoisotopic (exact) mass is 297 g/mol. The van der Waals surface area contributed by atoms with Gasteiger partial charge in [0.15, 0.2) is 0 Å². The van der Waals surface area contributed by atoms with Gasteiger partial charge in [-0.2, -0.15) is 5.26 Å². The average Bonchev–Trinajstić information content (AvgIpc) is 2.91. The molecule has 0 spiro atoms. The minimum Gasteiger partial charge on any atom is -0.444 e. The second-order valence-electron chi connectivity index (χ2n) is 6.63. The van der Waals surface area contributed by atoms with E-state index in [4.69, 9.17) is 4.74 Å². The summed E-state index contributed by atoms with van der Waals surface area (Å²) in [5, 5.41) is 13.4. The van der Waals surface area contributed by atoms with Crippen LogP contribution in [0, 0.1) is 11.3 Å². The van der Waals surface area contributed by atoms with Crippen molar-refractivity contribution in [3.05, 3.63) is 35.5 Å². The highest BCUT2D eigenvalue weighted by Crippen LogP contribution is 2.38. The second-order valence-corrected chi connectivity index (χ2v) is 6.63. The van der Waals surface area contributed by atoms with Crippen LogP contribution in [0.3, 0.4) is 0 Å². The number of hydrogen-bond donors (Lipinski definition) is 2. The van der Waals surface area contributed by atoms with Crippen molar-refractivity contribution in [1.82, 2.24) is 10.3 Å². The minimum absolute atomic E-state index is 0.259. The molecule has 114 valence electrons. The minimum atomic E-state index is -0.550. The van der Waals surface area contributed by atoms with E-state index in [-0.39, 0.29) is 12.0 Å². The highest BCUT2D eigenvalue weighted by atomic mass is 16.6. The van der Waals surface area contributed by atoms with E-state index < -0.39 is 11.7 Å². The number of rotatable bonds is 1. The van der Waals surface area contributed by atoms with Gasteiger partial charge in [-0.15, -0.1) is 0 Å². The Morgan fingerprint density at radius 3 is 2.82 bits per heavy atom. The molecule has 2 N–H and O–H groups in total. The first-order valence-electron chi connectivity index (χ1n) is 7.37. The van der Waals surface area contributed by atoms with E-state index in [1.165, 1.54) is 0 Å². The van der Waals surface area contributed by atoms with Crippen LogP contribution in [0.1, 0.15) is 37.9 Å². The molecule has 1 aliphatic rings. The average molecular weight is 297 g/mol. The van der Waals surface area contributed by atoms with Crippen LogP contribution in [0.4, 0.5) is 4.79 Å². The van der Waals surface area contributed by atoms with Gasteiger partial charge in [0.1, 0.15) is 5.60 Å². The highest BCUT2D eigenvalue weighted by Gasteiger charge is 2.37. The molecular weight excluding hydrogens is 278 g/mol. The molecule has 1 amide bonds. The molecule has 2 atom stereocenters. The number of para-hydroxylation sites is 1. The number of carbonyl (C=O) groups excluding carboxylic acids is 1. The predicted octanol–water partition coefficient (Wildman–Crippen LogP) is 3.22. The van der Waals surface area contributed by atoms with Crippen molar-refractivity contribution in [1.29, 1.82) is 5.26 Å². The molecule has 0 fully saturated rings. The summed E-state index contributed by atoms with van der Waals surface area (Å²) in [5.41, 5.74) is 2.50. The molecule has 0 saturated carbocycles.